The van der Waals surface area contributed by atoms with Crippen LogP contribution in [0, 0.1) is 11.8 Å². The lowest BCUT2D eigenvalue weighted by Gasteiger charge is -2.35. The number of urea groups is 2. The first kappa shape index (κ1) is 45.6. The SMILES string of the molecule is CC(C)[C@H](NC(=O)N1CCOCC1)C(=O)N1CCC[C@H]1c1ncc(-c2ccc(N3CCC(c4cnc([C@@H]5CCCN5C(=O)[C@@H](NC(=O)N5CCOCC5)C(C)C)[nH]4)CC3)c3c2C2CCC3O2)[nH]1. The molecule has 6 amide bonds. The average molecular weight is 924 g/mol. The number of nitrogens with one attached hydrogen (secondary N) is 4. The van der Waals surface area contributed by atoms with Crippen molar-refractivity contribution in [1.82, 2.24) is 50.2 Å². The van der Waals surface area contributed by atoms with Gasteiger partial charge in [-0.3, -0.25) is 9.59 Å². The molecule has 2 aromatic heterocycles. The van der Waals surface area contributed by atoms with Crippen LogP contribution >= 0.6 is 0 Å². The minimum absolute atomic E-state index is 0.0352. The molecule has 6 fully saturated rings. The van der Waals surface area contributed by atoms with Crippen molar-refractivity contribution in [1.29, 1.82) is 0 Å². The smallest absolute Gasteiger partial charge is 0.318 e. The second-order valence-corrected chi connectivity index (χ2v) is 20.2. The third kappa shape index (κ3) is 9.00. The van der Waals surface area contributed by atoms with E-state index in [1.54, 1.807) is 9.80 Å². The number of imidazole rings is 2. The molecule has 4 N–H and O–H groups in total. The Balaban J connectivity index is 0.797. The van der Waals surface area contributed by atoms with Crippen LogP contribution in [0.25, 0.3) is 11.3 Å². The number of carbonyl (C=O) groups is 4. The summed E-state index contributed by atoms with van der Waals surface area (Å²) in [4.78, 5) is 81.4. The maximum absolute atomic E-state index is 14.2. The highest BCUT2D eigenvalue weighted by atomic mass is 16.5. The number of amides is 6. The lowest BCUT2D eigenvalue weighted by atomic mass is 9.85. The van der Waals surface area contributed by atoms with E-state index < -0.39 is 12.1 Å². The van der Waals surface area contributed by atoms with Gasteiger partial charge in [-0.15, -0.1) is 0 Å². The van der Waals surface area contributed by atoms with Crippen LogP contribution in [0.15, 0.2) is 24.5 Å². The molecule has 7 aliphatic heterocycles. The van der Waals surface area contributed by atoms with E-state index in [-0.39, 0.29) is 60.0 Å². The summed E-state index contributed by atoms with van der Waals surface area (Å²) in [6.07, 6.45) is 11.3. The monoisotopic (exact) mass is 924 g/mol. The maximum Gasteiger partial charge on any atom is 0.318 e. The third-order valence-corrected chi connectivity index (χ3v) is 15.4. The number of hydrogen-bond donors (Lipinski definition) is 4. The molecule has 6 saturated heterocycles. The molecule has 362 valence electrons. The van der Waals surface area contributed by atoms with E-state index >= 15 is 0 Å². The summed E-state index contributed by atoms with van der Waals surface area (Å²) in [5.74, 6) is 1.66. The number of benzene rings is 1. The first-order valence-corrected chi connectivity index (χ1v) is 25.1. The minimum atomic E-state index is -0.637. The standard InChI is InChI=1S/C49H69N11O7/c1-29(2)42(54-48(63)57-19-23-65-24-20-57)46(61)59-15-5-7-36(59)44-50-27-33(52-44)31-13-17-56(18-14-31)35-10-9-32(40-38-11-12-39(67-38)41(35)40)34-28-51-45(53-34)37-8-6-16-60(37)47(62)43(30(3)4)55-49(64)58-21-25-66-26-22-58/h9-10,27-31,36-39,42-43H,5-8,11-26H2,1-4H3,(H,50,52)(H,51,53)(H,54,63)(H,55,64)/t36-,37-,38?,39?,42-,43-/m0/s1. The number of anilines is 1. The Morgan fingerprint density at radius 3 is 1.70 bits per heavy atom. The molecule has 0 aliphatic carbocycles. The number of aromatic nitrogens is 4. The van der Waals surface area contributed by atoms with Gasteiger partial charge in [0.15, 0.2) is 0 Å². The average Bonchev–Trinajstić information content (AvgIpc) is 4.22. The van der Waals surface area contributed by atoms with E-state index in [4.69, 9.17) is 24.2 Å². The normalized spacial score (nSPS) is 25.3. The zero-order valence-electron chi connectivity index (χ0n) is 39.6. The number of H-pyrrole nitrogens is 2. The van der Waals surface area contributed by atoms with E-state index in [1.165, 1.54) is 16.8 Å². The molecule has 1 aromatic carbocycles. The van der Waals surface area contributed by atoms with E-state index in [9.17, 15) is 19.2 Å². The number of fused-ring (bicyclic) bond motifs is 5. The van der Waals surface area contributed by atoms with Crippen molar-refractivity contribution < 1.29 is 33.4 Å². The number of rotatable bonds is 11. The van der Waals surface area contributed by atoms with Gasteiger partial charge in [-0.2, -0.15) is 0 Å². The van der Waals surface area contributed by atoms with Crippen molar-refractivity contribution >= 4 is 29.6 Å². The zero-order valence-corrected chi connectivity index (χ0v) is 39.6. The van der Waals surface area contributed by atoms with Crippen molar-refractivity contribution in [3.63, 3.8) is 0 Å². The molecule has 18 heteroatoms. The third-order valence-electron chi connectivity index (χ3n) is 15.4. The van der Waals surface area contributed by atoms with Gasteiger partial charge in [0, 0.05) is 87.0 Å². The molecule has 2 unspecified atom stereocenters. The summed E-state index contributed by atoms with van der Waals surface area (Å²) in [6.45, 7) is 15.1. The summed E-state index contributed by atoms with van der Waals surface area (Å²) < 4.78 is 17.5. The first-order chi connectivity index (χ1) is 32.5. The number of carbonyl (C=O) groups excluding carboxylic acids is 4. The highest BCUT2D eigenvalue weighted by Crippen LogP contribution is 2.57. The van der Waals surface area contributed by atoms with Crippen LogP contribution in [0.2, 0.25) is 0 Å². The van der Waals surface area contributed by atoms with Gasteiger partial charge >= 0.3 is 12.1 Å². The number of morpholine rings is 2. The molecule has 10 rings (SSSR count). The minimum Gasteiger partial charge on any atom is -0.378 e. The van der Waals surface area contributed by atoms with Crippen molar-refractivity contribution in [2.75, 3.05) is 83.7 Å². The predicted molar refractivity (Wildman–Crippen MR) is 249 cm³/mol. The number of likely N-dealkylation sites (tertiary alicyclic amines) is 2. The fraction of sp³-hybridized carbons (Fsp3) is 0.673. The van der Waals surface area contributed by atoms with Crippen LogP contribution in [0.4, 0.5) is 15.3 Å². The van der Waals surface area contributed by atoms with Crippen LogP contribution in [-0.4, -0.2) is 154 Å². The molecule has 0 spiro atoms. The summed E-state index contributed by atoms with van der Waals surface area (Å²) >= 11 is 0. The molecule has 7 aliphatic rings. The molecule has 6 atom stereocenters. The molecule has 0 saturated carbocycles. The topological polar surface area (TPSA) is 194 Å². The van der Waals surface area contributed by atoms with Gasteiger partial charge in [0.2, 0.25) is 11.8 Å². The Hall–Kier alpha value is -5.20. The van der Waals surface area contributed by atoms with Crippen LogP contribution < -0.4 is 15.5 Å². The number of hydrogen-bond acceptors (Lipinski definition) is 10. The number of ether oxygens (including phenoxy) is 3. The van der Waals surface area contributed by atoms with Crippen molar-refractivity contribution in [3.05, 3.63) is 53.0 Å². The molecule has 9 heterocycles. The molecule has 67 heavy (non-hydrogen) atoms. The van der Waals surface area contributed by atoms with Crippen LogP contribution in [-0.2, 0) is 23.8 Å². The second-order valence-electron chi connectivity index (χ2n) is 20.2. The Morgan fingerprint density at radius 1 is 0.627 bits per heavy atom. The number of aromatic amines is 2. The van der Waals surface area contributed by atoms with Crippen molar-refractivity contribution in [2.45, 2.75) is 121 Å². The highest BCUT2D eigenvalue weighted by molar-refractivity contribution is 5.89. The van der Waals surface area contributed by atoms with Gasteiger partial charge < -0.3 is 59.3 Å². The molecule has 0 radical (unpaired) electrons. The van der Waals surface area contributed by atoms with Gasteiger partial charge in [-0.1, -0.05) is 33.8 Å². The number of piperidine rings is 1. The lowest BCUT2D eigenvalue weighted by molar-refractivity contribution is -0.136. The van der Waals surface area contributed by atoms with E-state index in [0.29, 0.717) is 71.6 Å². The molecule has 3 aromatic rings. The largest absolute Gasteiger partial charge is 0.378 e. The molecule has 18 nitrogen and oxygen atoms in total. The second kappa shape index (κ2) is 19.4. The fourth-order valence-corrected chi connectivity index (χ4v) is 11.7. The molecule has 2 bridgehead atoms. The molecular weight excluding hydrogens is 855 g/mol. The molecular formula is C49H69N11O7. The van der Waals surface area contributed by atoms with Gasteiger partial charge in [0.25, 0.3) is 0 Å². The van der Waals surface area contributed by atoms with E-state index in [0.717, 1.165) is 93.1 Å². The number of nitrogens with zero attached hydrogens (tertiary/aromatic N) is 7. The maximum atomic E-state index is 14.2. The van der Waals surface area contributed by atoms with E-state index in [2.05, 4.69) is 37.6 Å². The zero-order chi connectivity index (χ0) is 46.3. The van der Waals surface area contributed by atoms with Crippen LogP contribution in [0.3, 0.4) is 0 Å². The lowest BCUT2D eigenvalue weighted by Crippen LogP contribution is -2.55. The quantitative estimate of drug-likeness (QED) is 0.190. The van der Waals surface area contributed by atoms with E-state index in [1.807, 2.05) is 49.9 Å². The predicted octanol–water partition coefficient (Wildman–Crippen LogP) is 5.55. The fourth-order valence-electron chi connectivity index (χ4n) is 11.7. The Morgan fingerprint density at radius 2 is 1.15 bits per heavy atom. The van der Waals surface area contributed by atoms with Crippen molar-refractivity contribution in [2.24, 2.45) is 11.8 Å². The Labute approximate surface area is 393 Å². The van der Waals surface area contributed by atoms with Crippen LogP contribution in [0.5, 0.6) is 0 Å². The van der Waals surface area contributed by atoms with Gasteiger partial charge in [-0.25, -0.2) is 19.6 Å². The first-order valence-electron chi connectivity index (χ1n) is 25.1. The Kier molecular flexibility index (Phi) is 13.2. The summed E-state index contributed by atoms with van der Waals surface area (Å²) in [6, 6.07) is 2.46. The summed E-state index contributed by atoms with van der Waals surface area (Å²) in [5, 5.41) is 6.09. The summed E-state index contributed by atoms with van der Waals surface area (Å²) in [7, 11) is 0. The highest BCUT2D eigenvalue weighted by Gasteiger charge is 2.44. The van der Waals surface area contributed by atoms with Gasteiger partial charge in [0.05, 0.1) is 62.6 Å². The van der Waals surface area contributed by atoms with Gasteiger partial charge in [-0.05, 0) is 74.8 Å². The Bertz CT molecular complexity index is 2280. The van der Waals surface area contributed by atoms with Crippen LogP contribution in [0.1, 0.15) is 138 Å². The van der Waals surface area contributed by atoms with Crippen molar-refractivity contribution in [3.8, 4) is 11.3 Å². The van der Waals surface area contributed by atoms with Gasteiger partial charge in [0.1, 0.15) is 23.7 Å². The summed E-state index contributed by atoms with van der Waals surface area (Å²) in [5.41, 5.74) is 6.96.